The van der Waals surface area contributed by atoms with Crippen molar-refractivity contribution in [1.29, 1.82) is 0 Å². The Morgan fingerprint density at radius 3 is 2.54 bits per heavy atom. The molecule has 1 aromatic heterocycles. The fourth-order valence-corrected chi connectivity index (χ4v) is 5.06. The summed E-state index contributed by atoms with van der Waals surface area (Å²) in [5, 5.41) is 9.20. The molecule has 0 radical (unpaired) electrons. The SMILES string of the molecule is C=CCOC(=O)N(C)C1CN(c2c(F)cc3c(=O)c(C(=O)O)cn(-c4cc(N)c(F)cc4CCC(C)=O)c3c2Cl)C1. The Labute approximate surface area is 238 Å². The smallest absolute Gasteiger partial charge is 0.410 e. The third kappa shape index (κ3) is 5.60. The number of nitrogens with zero attached hydrogens (tertiary/aromatic N) is 3. The van der Waals surface area contributed by atoms with Crippen molar-refractivity contribution >= 4 is 51.7 Å². The van der Waals surface area contributed by atoms with E-state index in [9.17, 15) is 28.7 Å². The number of halogens is 3. The lowest BCUT2D eigenvalue weighted by Crippen LogP contribution is -2.60. The molecule has 1 amide bonds. The molecule has 2 aromatic carbocycles. The van der Waals surface area contributed by atoms with E-state index in [0.29, 0.717) is 5.56 Å². The number of ether oxygens (including phenoxy) is 1. The zero-order chi connectivity index (χ0) is 30.2. The molecule has 0 atom stereocenters. The van der Waals surface area contributed by atoms with Crippen LogP contribution in [0.25, 0.3) is 16.6 Å². The first-order valence-electron chi connectivity index (χ1n) is 12.5. The van der Waals surface area contributed by atoms with Crippen molar-refractivity contribution in [1.82, 2.24) is 9.47 Å². The zero-order valence-corrected chi connectivity index (χ0v) is 23.0. The molecular weight excluding hydrogens is 562 g/mol. The van der Waals surface area contributed by atoms with Gasteiger partial charge in [0.15, 0.2) is 0 Å². The number of aromatic carboxylic acids is 1. The molecule has 4 rings (SSSR count). The van der Waals surface area contributed by atoms with Crippen LogP contribution >= 0.6 is 11.6 Å². The van der Waals surface area contributed by atoms with Gasteiger partial charge in [-0.15, -0.1) is 0 Å². The Balaban J connectivity index is 1.89. The predicted molar refractivity (Wildman–Crippen MR) is 150 cm³/mol. The lowest BCUT2D eigenvalue weighted by Gasteiger charge is -2.45. The third-order valence-electron chi connectivity index (χ3n) is 6.93. The maximum Gasteiger partial charge on any atom is 0.410 e. The van der Waals surface area contributed by atoms with Crippen LogP contribution in [0.4, 0.5) is 25.0 Å². The number of carboxylic acid groups (broad SMARTS) is 1. The summed E-state index contributed by atoms with van der Waals surface area (Å²) in [5.41, 5.74) is 4.28. The molecule has 0 spiro atoms. The zero-order valence-electron chi connectivity index (χ0n) is 22.2. The van der Waals surface area contributed by atoms with Gasteiger partial charge in [-0.05, 0) is 37.1 Å². The van der Waals surface area contributed by atoms with Crippen LogP contribution in [0.1, 0.15) is 29.3 Å². The average molecular weight is 589 g/mol. The molecular formula is C28H27ClF2N4O6. The highest BCUT2D eigenvalue weighted by atomic mass is 35.5. The van der Waals surface area contributed by atoms with E-state index in [1.54, 1.807) is 11.9 Å². The number of nitrogens with two attached hydrogens (primary N) is 1. The van der Waals surface area contributed by atoms with E-state index in [1.807, 2.05) is 0 Å². The van der Waals surface area contributed by atoms with Crippen molar-refractivity contribution in [3.8, 4) is 5.69 Å². The van der Waals surface area contributed by atoms with Gasteiger partial charge in [-0.3, -0.25) is 4.79 Å². The van der Waals surface area contributed by atoms with Crippen LogP contribution in [0.2, 0.25) is 5.02 Å². The highest BCUT2D eigenvalue weighted by Gasteiger charge is 2.36. The normalized spacial score (nSPS) is 13.1. The fourth-order valence-electron chi connectivity index (χ4n) is 4.66. The monoisotopic (exact) mass is 588 g/mol. The molecule has 41 heavy (non-hydrogen) atoms. The Morgan fingerprint density at radius 1 is 1.24 bits per heavy atom. The summed E-state index contributed by atoms with van der Waals surface area (Å²) in [6.45, 7) is 5.27. The molecule has 0 unspecified atom stereocenters. The number of Topliss-reactive ketones (excluding diaryl/α,β-unsaturated/α-hetero) is 1. The number of nitrogen functional groups attached to an aromatic ring is 1. The summed E-state index contributed by atoms with van der Waals surface area (Å²) in [5.74, 6) is -3.36. The number of pyridine rings is 1. The number of rotatable bonds is 9. The first-order valence-corrected chi connectivity index (χ1v) is 12.9. The van der Waals surface area contributed by atoms with E-state index in [2.05, 4.69) is 6.58 Å². The molecule has 3 N–H and O–H groups in total. The fraction of sp³-hybridized carbons (Fsp3) is 0.286. The van der Waals surface area contributed by atoms with E-state index < -0.39 is 34.7 Å². The first kappa shape index (κ1) is 29.5. The minimum atomic E-state index is -1.57. The second-order valence-electron chi connectivity index (χ2n) is 9.70. The number of fused-ring (bicyclic) bond motifs is 1. The number of likely N-dealkylation sites (N-methyl/N-ethyl adjacent to an activating group) is 1. The summed E-state index contributed by atoms with van der Waals surface area (Å²) in [7, 11) is 1.54. The van der Waals surface area contributed by atoms with Crippen molar-refractivity contribution in [2.24, 2.45) is 0 Å². The molecule has 0 aliphatic carbocycles. The topological polar surface area (TPSA) is 135 Å². The first-order chi connectivity index (χ1) is 19.3. The molecule has 13 heteroatoms. The number of amides is 1. The number of anilines is 2. The maximum atomic E-state index is 15.5. The molecule has 10 nitrogen and oxygen atoms in total. The van der Waals surface area contributed by atoms with Crippen molar-refractivity contribution in [2.45, 2.75) is 25.8 Å². The Bertz CT molecular complexity index is 1650. The van der Waals surface area contributed by atoms with Gasteiger partial charge < -0.3 is 34.7 Å². The van der Waals surface area contributed by atoms with Crippen LogP contribution in [0.15, 0.2) is 41.8 Å². The van der Waals surface area contributed by atoms with Gasteiger partial charge in [0, 0.05) is 32.8 Å². The van der Waals surface area contributed by atoms with E-state index in [-0.39, 0.29) is 77.4 Å². The molecule has 1 aliphatic rings. The molecule has 0 saturated carbocycles. The Hall–Kier alpha value is -4.45. The van der Waals surface area contributed by atoms with Crippen molar-refractivity contribution < 1.29 is 33.0 Å². The summed E-state index contributed by atoms with van der Waals surface area (Å²) in [4.78, 5) is 51.9. The van der Waals surface area contributed by atoms with Gasteiger partial charge in [0.25, 0.3) is 0 Å². The van der Waals surface area contributed by atoms with Gasteiger partial charge >= 0.3 is 12.1 Å². The lowest BCUT2D eigenvalue weighted by molar-refractivity contribution is -0.116. The standard InChI is InChI=1S/C28H27ClF2N4O6/c1-4-7-41-28(40)33(3)16-11-34(12-16)25-20(31)9-17-24(23(25)29)35(13-18(26(17)37)27(38)39)22-10-21(32)19(30)8-15(22)6-5-14(2)36/h4,8-10,13,16H,1,5-7,11-12,32H2,2-3H3,(H,38,39). The second kappa shape index (κ2) is 11.6. The number of aryl methyl sites for hydroxylation is 1. The number of carboxylic acids is 1. The van der Waals surface area contributed by atoms with E-state index >= 15 is 4.39 Å². The van der Waals surface area contributed by atoms with Gasteiger partial charge in [0.2, 0.25) is 5.43 Å². The Kier molecular flexibility index (Phi) is 8.34. The van der Waals surface area contributed by atoms with Crippen molar-refractivity contribution in [3.05, 3.63) is 75.1 Å². The molecule has 1 aliphatic heterocycles. The number of benzene rings is 2. The highest BCUT2D eigenvalue weighted by Crippen LogP contribution is 2.39. The molecule has 2 heterocycles. The number of hydrogen-bond donors (Lipinski definition) is 2. The second-order valence-corrected chi connectivity index (χ2v) is 10.1. The van der Waals surface area contributed by atoms with Crippen LogP contribution in [0.5, 0.6) is 0 Å². The minimum Gasteiger partial charge on any atom is -0.477 e. The summed E-state index contributed by atoms with van der Waals surface area (Å²) in [6.07, 6.45) is 1.99. The van der Waals surface area contributed by atoms with E-state index in [0.717, 1.165) is 18.3 Å². The summed E-state index contributed by atoms with van der Waals surface area (Å²) >= 11 is 6.76. The molecule has 216 valence electrons. The van der Waals surface area contributed by atoms with Crippen molar-refractivity contribution in [2.75, 3.05) is 37.4 Å². The van der Waals surface area contributed by atoms with Gasteiger partial charge in [0.05, 0.1) is 39.0 Å². The van der Waals surface area contributed by atoms with Gasteiger partial charge in [0.1, 0.15) is 29.6 Å². The Morgan fingerprint density at radius 2 is 1.93 bits per heavy atom. The van der Waals surface area contributed by atoms with Crippen molar-refractivity contribution in [3.63, 3.8) is 0 Å². The summed E-state index contributed by atoms with van der Waals surface area (Å²) < 4.78 is 36.3. The molecule has 3 aromatic rings. The number of carbonyl (C=O) groups is 3. The predicted octanol–water partition coefficient (Wildman–Crippen LogP) is 4.17. The van der Waals surface area contributed by atoms with Crippen LogP contribution in [-0.4, -0.2) is 65.2 Å². The van der Waals surface area contributed by atoms with Gasteiger partial charge in [-0.25, -0.2) is 18.4 Å². The largest absolute Gasteiger partial charge is 0.477 e. The van der Waals surface area contributed by atoms with Crippen LogP contribution in [-0.2, 0) is 16.0 Å². The number of carbonyl (C=O) groups excluding carboxylic acids is 2. The van der Waals surface area contributed by atoms with Crippen LogP contribution in [0, 0.1) is 11.6 Å². The summed E-state index contributed by atoms with van der Waals surface area (Å²) in [6, 6.07) is 2.94. The highest BCUT2D eigenvalue weighted by molar-refractivity contribution is 6.38. The van der Waals surface area contributed by atoms with E-state index in [4.69, 9.17) is 22.1 Å². The van der Waals surface area contributed by atoms with E-state index in [1.165, 1.54) is 28.5 Å². The number of aromatic nitrogens is 1. The third-order valence-corrected chi connectivity index (χ3v) is 7.29. The quantitative estimate of drug-likeness (QED) is 0.281. The molecule has 1 saturated heterocycles. The molecule has 1 fully saturated rings. The van der Waals surface area contributed by atoms with Gasteiger partial charge in [-0.1, -0.05) is 24.3 Å². The number of hydrogen-bond acceptors (Lipinski definition) is 7. The van der Waals surface area contributed by atoms with Crippen LogP contribution < -0.4 is 16.1 Å². The minimum absolute atomic E-state index is 0.0307. The molecule has 0 bridgehead atoms. The number of ketones is 1. The van der Waals surface area contributed by atoms with Crippen LogP contribution in [0.3, 0.4) is 0 Å². The van der Waals surface area contributed by atoms with Gasteiger partial charge in [-0.2, -0.15) is 0 Å². The lowest BCUT2D eigenvalue weighted by atomic mass is 10.0. The maximum absolute atomic E-state index is 15.5. The average Bonchev–Trinajstić information content (AvgIpc) is 2.88.